The molecule has 1 aliphatic rings. The number of carbonyl (C=O) groups excluding carboxylic acids is 1. The van der Waals surface area contributed by atoms with Crippen molar-refractivity contribution in [3.05, 3.63) is 4.88 Å². The van der Waals surface area contributed by atoms with E-state index in [2.05, 4.69) is 29.5 Å². The number of nitrogens with two attached hydrogens (primary N) is 1. The molecule has 0 saturated carbocycles. The standard InChI is InChI=1S/C13H22N4O2S/c1-8(2)6-16-13-17-11(14)10(20-13)12(18)15-7-9-4-3-5-19-9/h8-9H,3-7,14H2,1-2H3,(H,15,18)(H,16,17). The second-order valence-electron chi connectivity index (χ2n) is 5.35. The van der Waals surface area contributed by atoms with Crippen molar-refractivity contribution < 1.29 is 9.53 Å². The Bertz CT molecular complexity index is 455. The highest BCUT2D eigenvalue weighted by molar-refractivity contribution is 7.18. The predicted octanol–water partition coefficient (Wildman–Crippen LogP) is 1.70. The number of anilines is 2. The second-order valence-corrected chi connectivity index (χ2v) is 6.35. The minimum absolute atomic E-state index is 0.131. The Hall–Kier alpha value is -1.34. The molecule has 20 heavy (non-hydrogen) atoms. The van der Waals surface area contributed by atoms with Crippen LogP contribution in [0.1, 0.15) is 36.4 Å². The van der Waals surface area contributed by atoms with Gasteiger partial charge in [-0.1, -0.05) is 25.2 Å². The summed E-state index contributed by atoms with van der Waals surface area (Å²) in [6, 6.07) is 0. The Labute approximate surface area is 123 Å². The summed E-state index contributed by atoms with van der Waals surface area (Å²) in [5, 5.41) is 6.73. The first-order valence-corrected chi connectivity index (χ1v) is 7.78. The van der Waals surface area contributed by atoms with Gasteiger partial charge in [0.15, 0.2) is 5.13 Å². The van der Waals surface area contributed by atoms with Gasteiger partial charge in [0.2, 0.25) is 0 Å². The Morgan fingerprint density at radius 3 is 3.05 bits per heavy atom. The Balaban J connectivity index is 1.88. The lowest BCUT2D eigenvalue weighted by Crippen LogP contribution is -2.31. The van der Waals surface area contributed by atoms with Crippen molar-refractivity contribution in [2.24, 2.45) is 5.92 Å². The molecule has 0 bridgehead atoms. The van der Waals surface area contributed by atoms with Gasteiger partial charge in [-0.25, -0.2) is 4.98 Å². The molecule has 2 rings (SSSR count). The van der Waals surface area contributed by atoms with Crippen LogP contribution in [0.2, 0.25) is 0 Å². The molecule has 2 heterocycles. The number of amides is 1. The zero-order valence-electron chi connectivity index (χ0n) is 11.9. The molecular weight excluding hydrogens is 276 g/mol. The lowest BCUT2D eigenvalue weighted by atomic mass is 10.2. The van der Waals surface area contributed by atoms with E-state index in [1.807, 2.05) is 0 Å². The number of hydrogen-bond acceptors (Lipinski definition) is 6. The van der Waals surface area contributed by atoms with E-state index in [1.165, 1.54) is 11.3 Å². The average molecular weight is 298 g/mol. The third-order valence-electron chi connectivity index (χ3n) is 3.04. The summed E-state index contributed by atoms with van der Waals surface area (Å²) in [7, 11) is 0. The molecule has 6 nitrogen and oxygen atoms in total. The third kappa shape index (κ3) is 4.08. The number of ether oxygens (including phenoxy) is 1. The Kier molecular flexibility index (Phi) is 5.19. The van der Waals surface area contributed by atoms with E-state index in [-0.39, 0.29) is 17.8 Å². The van der Waals surface area contributed by atoms with Gasteiger partial charge in [0.05, 0.1) is 6.10 Å². The normalized spacial score (nSPS) is 18.4. The monoisotopic (exact) mass is 298 g/mol. The second kappa shape index (κ2) is 6.90. The summed E-state index contributed by atoms with van der Waals surface area (Å²) >= 11 is 1.29. The molecule has 1 atom stereocenters. The summed E-state index contributed by atoms with van der Waals surface area (Å²) in [6.07, 6.45) is 2.19. The van der Waals surface area contributed by atoms with E-state index in [4.69, 9.17) is 10.5 Å². The summed E-state index contributed by atoms with van der Waals surface area (Å²) < 4.78 is 5.47. The van der Waals surface area contributed by atoms with Crippen molar-refractivity contribution in [2.45, 2.75) is 32.8 Å². The number of nitrogens with zero attached hydrogens (tertiary/aromatic N) is 1. The fourth-order valence-electron chi connectivity index (χ4n) is 1.95. The van der Waals surface area contributed by atoms with Crippen LogP contribution < -0.4 is 16.4 Å². The van der Waals surface area contributed by atoms with Crippen LogP contribution in [0.15, 0.2) is 0 Å². The maximum atomic E-state index is 12.1. The first-order valence-electron chi connectivity index (χ1n) is 6.96. The van der Waals surface area contributed by atoms with Crippen LogP contribution in [0, 0.1) is 5.92 Å². The summed E-state index contributed by atoms with van der Waals surface area (Å²) in [5.41, 5.74) is 5.80. The average Bonchev–Trinajstić information content (AvgIpc) is 3.03. The van der Waals surface area contributed by atoms with Crippen LogP contribution in [0.4, 0.5) is 10.9 Å². The first-order chi connectivity index (χ1) is 9.56. The molecule has 112 valence electrons. The van der Waals surface area contributed by atoms with Crippen LogP contribution in [0.3, 0.4) is 0 Å². The number of aromatic nitrogens is 1. The van der Waals surface area contributed by atoms with Crippen LogP contribution in [0.5, 0.6) is 0 Å². The Morgan fingerprint density at radius 1 is 1.60 bits per heavy atom. The van der Waals surface area contributed by atoms with Crippen molar-refractivity contribution in [3.63, 3.8) is 0 Å². The third-order valence-corrected chi connectivity index (χ3v) is 4.06. The molecule has 1 amide bonds. The van der Waals surface area contributed by atoms with Crippen molar-refractivity contribution in [1.29, 1.82) is 0 Å². The van der Waals surface area contributed by atoms with Crippen LogP contribution in [0.25, 0.3) is 0 Å². The van der Waals surface area contributed by atoms with Crippen molar-refractivity contribution in [2.75, 3.05) is 30.7 Å². The molecule has 1 aromatic heterocycles. The van der Waals surface area contributed by atoms with Crippen LogP contribution in [-0.2, 0) is 4.74 Å². The van der Waals surface area contributed by atoms with Gasteiger partial charge in [0.1, 0.15) is 10.7 Å². The van der Waals surface area contributed by atoms with Gasteiger partial charge >= 0.3 is 0 Å². The number of nitrogen functional groups attached to an aromatic ring is 1. The zero-order chi connectivity index (χ0) is 14.5. The van der Waals surface area contributed by atoms with Gasteiger partial charge in [-0.15, -0.1) is 0 Å². The van der Waals surface area contributed by atoms with E-state index in [9.17, 15) is 4.79 Å². The van der Waals surface area contributed by atoms with Crippen molar-refractivity contribution in [3.8, 4) is 0 Å². The number of hydrogen-bond donors (Lipinski definition) is 3. The zero-order valence-corrected chi connectivity index (χ0v) is 12.8. The largest absolute Gasteiger partial charge is 0.382 e. The fraction of sp³-hybridized carbons (Fsp3) is 0.692. The lowest BCUT2D eigenvalue weighted by Gasteiger charge is -2.09. The minimum Gasteiger partial charge on any atom is -0.382 e. The summed E-state index contributed by atoms with van der Waals surface area (Å²) in [6.45, 7) is 6.35. The van der Waals surface area contributed by atoms with Gasteiger partial charge in [-0.3, -0.25) is 4.79 Å². The Morgan fingerprint density at radius 2 is 2.40 bits per heavy atom. The molecule has 0 radical (unpaired) electrons. The maximum Gasteiger partial charge on any atom is 0.265 e. The molecule has 1 aliphatic heterocycles. The van der Waals surface area contributed by atoms with Crippen LogP contribution >= 0.6 is 11.3 Å². The van der Waals surface area contributed by atoms with Gasteiger partial charge in [-0.05, 0) is 18.8 Å². The molecule has 0 aromatic carbocycles. The first kappa shape index (κ1) is 15.1. The highest BCUT2D eigenvalue weighted by Crippen LogP contribution is 2.25. The minimum atomic E-state index is -0.173. The number of thiazole rings is 1. The van der Waals surface area contributed by atoms with Crippen molar-refractivity contribution in [1.82, 2.24) is 10.3 Å². The van der Waals surface area contributed by atoms with Crippen LogP contribution in [-0.4, -0.2) is 36.7 Å². The molecule has 1 saturated heterocycles. The molecular formula is C13H22N4O2S. The van der Waals surface area contributed by atoms with Gasteiger partial charge in [-0.2, -0.15) is 0 Å². The smallest absolute Gasteiger partial charge is 0.265 e. The highest BCUT2D eigenvalue weighted by Gasteiger charge is 2.20. The molecule has 0 spiro atoms. The van der Waals surface area contributed by atoms with E-state index in [1.54, 1.807) is 0 Å². The number of rotatable bonds is 6. The van der Waals surface area contributed by atoms with Gasteiger partial charge in [0.25, 0.3) is 5.91 Å². The number of carbonyl (C=O) groups is 1. The van der Waals surface area contributed by atoms with Crippen molar-refractivity contribution >= 4 is 28.2 Å². The molecule has 1 fully saturated rings. The molecule has 4 N–H and O–H groups in total. The molecule has 1 unspecified atom stereocenters. The number of nitrogens with one attached hydrogen (secondary N) is 2. The van der Waals surface area contributed by atoms with E-state index in [0.29, 0.717) is 22.5 Å². The van der Waals surface area contributed by atoms with E-state index in [0.717, 1.165) is 26.0 Å². The molecule has 7 heteroatoms. The highest BCUT2D eigenvalue weighted by atomic mass is 32.1. The van der Waals surface area contributed by atoms with Gasteiger partial charge < -0.3 is 21.1 Å². The molecule has 0 aliphatic carbocycles. The quantitative estimate of drug-likeness (QED) is 0.744. The summed E-state index contributed by atoms with van der Waals surface area (Å²) in [5.74, 6) is 0.621. The van der Waals surface area contributed by atoms with E-state index >= 15 is 0 Å². The molecule has 1 aromatic rings. The van der Waals surface area contributed by atoms with Gasteiger partial charge in [0, 0.05) is 19.7 Å². The summed E-state index contributed by atoms with van der Waals surface area (Å²) in [4.78, 5) is 16.7. The lowest BCUT2D eigenvalue weighted by molar-refractivity contribution is 0.0861. The fourth-order valence-corrected chi connectivity index (χ4v) is 2.76. The maximum absolute atomic E-state index is 12.1. The SMILES string of the molecule is CC(C)CNc1nc(N)c(C(=O)NCC2CCCO2)s1. The topological polar surface area (TPSA) is 89.3 Å². The van der Waals surface area contributed by atoms with E-state index < -0.39 is 0 Å². The predicted molar refractivity (Wildman–Crippen MR) is 81.2 cm³/mol.